The standard InChI is InChI=1S/C64H49N/c1-3-15-44(16-4-1)45-28-32-47(33-29-45)56(48-34-30-46(31-35-48)49-36-37-51-41-50-17-7-8-20-53(50)57(51)42-49)39-43-27-38-55-54-21-9-10-22-58(54)64(61(55)40-43)59-23-11-13-25-62(59)65(52-18-5-2-6-19-52)63-26-14-12-24-60(63)64/h1-3,5-15,17-38,42-43,56H,4,16,39-41H2. The molecular weight excluding hydrogens is 783 g/mol. The third-order valence-electron chi connectivity index (χ3n) is 15.2. The van der Waals surface area contributed by atoms with Crippen molar-refractivity contribution in [3.63, 3.8) is 0 Å². The van der Waals surface area contributed by atoms with E-state index in [0.29, 0.717) is 5.92 Å². The van der Waals surface area contributed by atoms with Gasteiger partial charge in [-0.3, -0.25) is 0 Å². The van der Waals surface area contributed by atoms with Crippen molar-refractivity contribution in [1.29, 1.82) is 0 Å². The Kier molecular flexibility index (Phi) is 8.98. The lowest BCUT2D eigenvalue weighted by Gasteiger charge is -2.46. The molecule has 2 unspecified atom stereocenters. The van der Waals surface area contributed by atoms with E-state index in [2.05, 4.69) is 229 Å². The molecule has 0 amide bonds. The highest BCUT2D eigenvalue weighted by atomic mass is 15.2. The summed E-state index contributed by atoms with van der Waals surface area (Å²) in [7, 11) is 0. The summed E-state index contributed by atoms with van der Waals surface area (Å²) >= 11 is 0. The average Bonchev–Trinajstić information content (AvgIpc) is 3.90. The highest BCUT2D eigenvalue weighted by Crippen LogP contribution is 2.64. The van der Waals surface area contributed by atoms with Gasteiger partial charge in [0.15, 0.2) is 0 Å². The number of fused-ring (bicyclic) bond motifs is 11. The second-order valence-corrected chi connectivity index (χ2v) is 18.6. The van der Waals surface area contributed by atoms with Gasteiger partial charge in [0.1, 0.15) is 0 Å². The van der Waals surface area contributed by atoms with Gasteiger partial charge in [0.05, 0.1) is 16.8 Å². The Balaban J connectivity index is 0.897. The monoisotopic (exact) mass is 831 g/mol. The maximum absolute atomic E-state index is 2.54. The van der Waals surface area contributed by atoms with Crippen LogP contribution in [0.2, 0.25) is 0 Å². The summed E-state index contributed by atoms with van der Waals surface area (Å²) in [5.74, 6) is 0.556. The minimum Gasteiger partial charge on any atom is -0.310 e. The van der Waals surface area contributed by atoms with Crippen LogP contribution in [0, 0.1) is 5.92 Å². The normalized spacial score (nSPS) is 17.4. The zero-order valence-electron chi connectivity index (χ0n) is 36.5. The average molecular weight is 832 g/mol. The highest BCUT2D eigenvalue weighted by Gasteiger charge is 2.53. The fourth-order valence-corrected chi connectivity index (χ4v) is 12.2. The first kappa shape index (κ1) is 38.0. The summed E-state index contributed by atoms with van der Waals surface area (Å²) in [5, 5.41) is 0. The quantitative estimate of drug-likeness (QED) is 0.155. The minimum atomic E-state index is -0.412. The largest absolute Gasteiger partial charge is 0.310 e. The van der Waals surface area contributed by atoms with Crippen LogP contribution in [0.4, 0.5) is 17.1 Å². The number of nitrogens with zero attached hydrogens (tertiary/aromatic N) is 1. The molecule has 0 fully saturated rings. The molecule has 5 aliphatic rings. The first-order chi connectivity index (χ1) is 32.2. The van der Waals surface area contributed by atoms with Crippen molar-refractivity contribution in [3.8, 4) is 22.3 Å². The number of hydrogen-bond acceptors (Lipinski definition) is 1. The zero-order chi connectivity index (χ0) is 42.9. The van der Waals surface area contributed by atoms with E-state index in [1.54, 1.807) is 0 Å². The van der Waals surface area contributed by atoms with E-state index in [0.717, 1.165) is 32.1 Å². The molecule has 0 radical (unpaired) electrons. The Morgan fingerprint density at radius 3 is 1.88 bits per heavy atom. The Hall–Kier alpha value is -7.48. The van der Waals surface area contributed by atoms with Gasteiger partial charge in [0.25, 0.3) is 0 Å². The van der Waals surface area contributed by atoms with E-state index in [4.69, 9.17) is 0 Å². The van der Waals surface area contributed by atoms with Crippen molar-refractivity contribution in [2.24, 2.45) is 5.92 Å². The predicted molar refractivity (Wildman–Crippen MR) is 271 cm³/mol. The first-order valence-corrected chi connectivity index (χ1v) is 23.6. The smallest absolute Gasteiger partial charge is 0.0717 e. The molecule has 0 N–H and O–H groups in total. The fourth-order valence-electron chi connectivity index (χ4n) is 12.2. The van der Waals surface area contributed by atoms with Gasteiger partial charge in [-0.2, -0.15) is 0 Å². The molecular formula is C64H49N. The van der Waals surface area contributed by atoms with Crippen LogP contribution in [0.5, 0.6) is 0 Å². The van der Waals surface area contributed by atoms with Crippen molar-refractivity contribution < 1.29 is 0 Å². The lowest BCUT2D eigenvalue weighted by molar-refractivity contribution is 0.515. The van der Waals surface area contributed by atoms with Crippen molar-refractivity contribution in [2.45, 2.75) is 43.4 Å². The third kappa shape index (κ3) is 6.06. The van der Waals surface area contributed by atoms with Gasteiger partial charge >= 0.3 is 0 Å². The molecule has 0 aromatic heterocycles. The van der Waals surface area contributed by atoms with Gasteiger partial charge in [-0.15, -0.1) is 0 Å². The molecule has 1 nitrogen and oxygen atoms in total. The molecule has 8 aromatic carbocycles. The SMILES string of the molecule is C1=CCCC(c2ccc(C(CC3C=CC4=C(C3)C3(c5ccccc54)c4ccccc4N(c4ccccc4)c4ccccc43)c3ccc(-c4ccc5c(c4)-c4ccccc4C5)cc3)cc2)=C1. The third-order valence-corrected chi connectivity index (χ3v) is 15.2. The topological polar surface area (TPSA) is 3.24 Å². The van der Waals surface area contributed by atoms with Crippen LogP contribution in [-0.2, 0) is 11.8 Å². The van der Waals surface area contributed by atoms with Gasteiger partial charge in [-0.25, -0.2) is 0 Å². The van der Waals surface area contributed by atoms with Crippen LogP contribution < -0.4 is 4.90 Å². The maximum atomic E-state index is 2.54. The van der Waals surface area contributed by atoms with Crippen LogP contribution in [-0.4, -0.2) is 0 Å². The van der Waals surface area contributed by atoms with Gasteiger partial charge < -0.3 is 4.90 Å². The molecule has 1 spiro atoms. The van der Waals surface area contributed by atoms with Crippen LogP contribution in [0.1, 0.15) is 81.7 Å². The molecule has 4 aliphatic carbocycles. The fraction of sp³-hybridized carbons (Fsp3) is 0.125. The lowest BCUT2D eigenvalue weighted by Crippen LogP contribution is -2.37. The molecule has 2 atom stereocenters. The van der Waals surface area contributed by atoms with Crippen LogP contribution in [0.3, 0.4) is 0 Å². The second kappa shape index (κ2) is 15.4. The maximum Gasteiger partial charge on any atom is 0.0717 e. The number of para-hydroxylation sites is 3. The second-order valence-electron chi connectivity index (χ2n) is 18.6. The molecule has 1 heterocycles. The molecule has 0 saturated heterocycles. The van der Waals surface area contributed by atoms with Gasteiger partial charge in [0, 0.05) is 11.6 Å². The molecule has 8 aromatic rings. The summed E-state index contributed by atoms with van der Waals surface area (Å²) in [5.41, 5.74) is 25.3. The molecule has 0 bridgehead atoms. The number of allylic oxidation sites excluding steroid dienone is 8. The minimum absolute atomic E-state index is 0.223. The van der Waals surface area contributed by atoms with E-state index >= 15 is 0 Å². The number of anilines is 3. The summed E-state index contributed by atoms with van der Waals surface area (Å²) in [6, 6.07) is 73.7. The summed E-state index contributed by atoms with van der Waals surface area (Å²) in [6.45, 7) is 0. The Morgan fingerprint density at radius 1 is 0.538 bits per heavy atom. The lowest BCUT2D eigenvalue weighted by atomic mass is 9.61. The molecule has 65 heavy (non-hydrogen) atoms. The summed E-state index contributed by atoms with van der Waals surface area (Å²) in [6.07, 6.45) is 17.0. The highest BCUT2D eigenvalue weighted by molar-refractivity contribution is 5.97. The zero-order valence-corrected chi connectivity index (χ0v) is 36.5. The van der Waals surface area contributed by atoms with Gasteiger partial charge in [-0.1, -0.05) is 194 Å². The Bertz CT molecular complexity index is 3240. The van der Waals surface area contributed by atoms with E-state index in [1.165, 1.54) is 106 Å². The Labute approximate surface area is 383 Å². The molecule has 1 aliphatic heterocycles. The van der Waals surface area contributed by atoms with Crippen molar-refractivity contribution in [3.05, 3.63) is 280 Å². The Morgan fingerprint density at radius 2 is 1.15 bits per heavy atom. The van der Waals surface area contributed by atoms with Crippen LogP contribution >= 0.6 is 0 Å². The van der Waals surface area contributed by atoms with Crippen LogP contribution in [0.25, 0.3) is 33.4 Å². The van der Waals surface area contributed by atoms with Gasteiger partial charge in [-0.05, 0) is 157 Å². The predicted octanol–water partition coefficient (Wildman–Crippen LogP) is 16.3. The van der Waals surface area contributed by atoms with Crippen molar-refractivity contribution in [1.82, 2.24) is 0 Å². The number of hydrogen-bond donors (Lipinski definition) is 0. The summed E-state index contributed by atoms with van der Waals surface area (Å²) in [4.78, 5) is 2.48. The van der Waals surface area contributed by atoms with Crippen LogP contribution in [0.15, 0.2) is 230 Å². The van der Waals surface area contributed by atoms with E-state index in [-0.39, 0.29) is 5.92 Å². The number of rotatable bonds is 7. The first-order valence-electron chi connectivity index (χ1n) is 23.6. The number of benzene rings is 8. The van der Waals surface area contributed by atoms with Crippen molar-refractivity contribution in [2.75, 3.05) is 4.90 Å². The molecule has 310 valence electrons. The molecule has 0 saturated carbocycles. The van der Waals surface area contributed by atoms with Crippen molar-refractivity contribution >= 4 is 28.2 Å². The van der Waals surface area contributed by atoms with E-state index in [1.807, 2.05) is 0 Å². The van der Waals surface area contributed by atoms with E-state index < -0.39 is 5.41 Å². The summed E-state index contributed by atoms with van der Waals surface area (Å²) < 4.78 is 0. The molecule has 1 heteroatoms. The molecule has 13 rings (SSSR count). The van der Waals surface area contributed by atoms with E-state index in [9.17, 15) is 0 Å². The van der Waals surface area contributed by atoms with Gasteiger partial charge in [0.2, 0.25) is 0 Å².